The molecular formula is C16H26N2O2. The summed E-state index contributed by atoms with van der Waals surface area (Å²) in [6.45, 7) is 6.35. The third-order valence-corrected chi connectivity index (χ3v) is 3.48. The minimum atomic E-state index is -0.577. The summed E-state index contributed by atoms with van der Waals surface area (Å²) in [6.07, 6.45) is -0.417. The number of hydrogen-bond donors (Lipinski definition) is 2. The summed E-state index contributed by atoms with van der Waals surface area (Å²) in [5.74, 6) is -0.0100. The highest BCUT2D eigenvalue weighted by molar-refractivity contribution is 5.76. The first-order valence-corrected chi connectivity index (χ1v) is 7.03. The normalized spacial score (nSPS) is 12.3. The van der Waals surface area contributed by atoms with Crippen LogP contribution in [0.1, 0.15) is 31.4 Å². The molecule has 1 amide bonds. The molecule has 1 unspecified atom stereocenters. The van der Waals surface area contributed by atoms with Crippen molar-refractivity contribution < 1.29 is 9.90 Å². The number of aryl methyl sites for hydroxylation is 1. The van der Waals surface area contributed by atoms with Crippen molar-refractivity contribution in [1.29, 1.82) is 0 Å². The molecule has 0 saturated heterocycles. The number of aliphatic hydroxyl groups is 1. The van der Waals surface area contributed by atoms with Gasteiger partial charge >= 0.3 is 0 Å². The van der Waals surface area contributed by atoms with Crippen LogP contribution >= 0.6 is 0 Å². The maximum atomic E-state index is 11.7. The highest BCUT2D eigenvalue weighted by atomic mass is 16.3. The van der Waals surface area contributed by atoms with Gasteiger partial charge in [0, 0.05) is 26.3 Å². The van der Waals surface area contributed by atoms with Crippen LogP contribution in [0.15, 0.2) is 18.2 Å². The first-order chi connectivity index (χ1) is 9.31. The fraction of sp³-hybridized carbons (Fsp3) is 0.562. The zero-order chi connectivity index (χ0) is 15.3. The number of carbonyl (C=O) groups excluding carboxylic acids is 1. The van der Waals surface area contributed by atoms with E-state index in [1.807, 2.05) is 51.9 Å². The first kappa shape index (κ1) is 16.5. The van der Waals surface area contributed by atoms with Gasteiger partial charge in [0.2, 0.25) is 5.91 Å². The minimum Gasteiger partial charge on any atom is -0.392 e. The molecule has 112 valence electrons. The summed E-state index contributed by atoms with van der Waals surface area (Å²) in [5.41, 5.74) is 3.40. The van der Waals surface area contributed by atoms with E-state index in [1.54, 1.807) is 0 Å². The standard InChI is InChI=1S/C16H26N2O2/c1-11(2)15(19)9-16(20)17-10-13-6-7-14(18(4)5)8-12(13)3/h6-8,11,15,19H,9-10H2,1-5H3,(H,17,20). The molecule has 0 fully saturated rings. The van der Waals surface area contributed by atoms with E-state index in [0.717, 1.165) is 16.8 Å². The quantitative estimate of drug-likeness (QED) is 0.837. The van der Waals surface area contributed by atoms with Crippen molar-refractivity contribution in [1.82, 2.24) is 5.32 Å². The Balaban J connectivity index is 2.56. The van der Waals surface area contributed by atoms with Crippen LogP contribution in [0.25, 0.3) is 0 Å². The average Bonchev–Trinajstić information content (AvgIpc) is 2.36. The van der Waals surface area contributed by atoms with Gasteiger partial charge in [0.1, 0.15) is 0 Å². The second-order valence-electron chi connectivity index (χ2n) is 5.80. The topological polar surface area (TPSA) is 52.6 Å². The van der Waals surface area contributed by atoms with Crippen molar-refractivity contribution in [2.45, 2.75) is 39.8 Å². The van der Waals surface area contributed by atoms with E-state index in [1.165, 1.54) is 0 Å². The average molecular weight is 278 g/mol. The molecule has 0 aromatic heterocycles. The van der Waals surface area contributed by atoms with Crippen molar-refractivity contribution >= 4 is 11.6 Å². The number of aliphatic hydroxyl groups excluding tert-OH is 1. The minimum absolute atomic E-state index is 0.0989. The molecule has 1 rings (SSSR count). The van der Waals surface area contributed by atoms with Crippen LogP contribution in [0, 0.1) is 12.8 Å². The predicted molar refractivity (Wildman–Crippen MR) is 82.8 cm³/mol. The Labute approximate surface area is 121 Å². The Kier molecular flexibility index (Phi) is 6.02. The van der Waals surface area contributed by atoms with Gasteiger partial charge in [-0.05, 0) is 36.1 Å². The molecule has 4 nitrogen and oxygen atoms in total. The fourth-order valence-electron chi connectivity index (χ4n) is 1.85. The van der Waals surface area contributed by atoms with Crippen molar-refractivity contribution in [3.63, 3.8) is 0 Å². The molecule has 0 saturated carbocycles. The Morgan fingerprint density at radius 3 is 2.50 bits per heavy atom. The molecule has 1 aromatic rings. The molecule has 0 radical (unpaired) electrons. The third kappa shape index (κ3) is 4.85. The van der Waals surface area contributed by atoms with Crippen LogP contribution < -0.4 is 10.2 Å². The lowest BCUT2D eigenvalue weighted by Gasteiger charge is -2.16. The number of nitrogens with one attached hydrogen (secondary N) is 1. The Hall–Kier alpha value is -1.55. The zero-order valence-electron chi connectivity index (χ0n) is 13.1. The lowest BCUT2D eigenvalue weighted by Crippen LogP contribution is -2.29. The highest BCUT2D eigenvalue weighted by Gasteiger charge is 2.14. The predicted octanol–water partition coefficient (Wildman–Crippen LogP) is 2.08. The van der Waals surface area contributed by atoms with Crippen LogP contribution in [0.5, 0.6) is 0 Å². The number of hydrogen-bond acceptors (Lipinski definition) is 3. The summed E-state index contributed by atoms with van der Waals surface area (Å²) >= 11 is 0. The molecule has 0 aliphatic carbocycles. The summed E-state index contributed by atoms with van der Waals surface area (Å²) in [5, 5.41) is 12.5. The number of anilines is 1. The van der Waals surface area contributed by atoms with Gasteiger partial charge in [0.15, 0.2) is 0 Å². The van der Waals surface area contributed by atoms with Gasteiger partial charge in [-0.15, -0.1) is 0 Å². The van der Waals surface area contributed by atoms with Gasteiger partial charge < -0.3 is 15.3 Å². The summed E-state index contributed by atoms with van der Waals surface area (Å²) in [7, 11) is 4.01. The van der Waals surface area contributed by atoms with Gasteiger partial charge in [-0.1, -0.05) is 19.9 Å². The molecule has 20 heavy (non-hydrogen) atoms. The lowest BCUT2D eigenvalue weighted by atomic mass is 10.0. The maximum absolute atomic E-state index is 11.7. The summed E-state index contributed by atoms with van der Waals surface area (Å²) < 4.78 is 0. The molecular weight excluding hydrogens is 252 g/mol. The van der Waals surface area contributed by atoms with E-state index in [2.05, 4.69) is 11.4 Å². The van der Waals surface area contributed by atoms with Gasteiger partial charge in [-0.3, -0.25) is 4.79 Å². The molecule has 2 N–H and O–H groups in total. The molecule has 0 aliphatic rings. The fourth-order valence-corrected chi connectivity index (χ4v) is 1.85. The molecule has 0 spiro atoms. The van der Waals surface area contributed by atoms with E-state index in [0.29, 0.717) is 6.54 Å². The molecule has 0 heterocycles. The molecule has 1 aromatic carbocycles. The number of amides is 1. The monoisotopic (exact) mass is 278 g/mol. The lowest BCUT2D eigenvalue weighted by molar-refractivity contribution is -0.123. The first-order valence-electron chi connectivity index (χ1n) is 7.03. The van der Waals surface area contributed by atoms with Crippen LogP contribution in [-0.4, -0.2) is 31.2 Å². The molecule has 0 aliphatic heterocycles. The van der Waals surface area contributed by atoms with E-state index in [9.17, 15) is 9.90 Å². The van der Waals surface area contributed by atoms with Crippen LogP contribution in [-0.2, 0) is 11.3 Å². The van der Waals surface area contributed by atoms with Gasteiger partial charge in [0.05, 0.1) is 12.5 Å². The van der Waals surface area contributed by atoms with Crippen molar-refractivity contribution in [3.05, 3.63) is 29.3 Å². The van der Waals surface area contributed by atoms with Crippen LogP contribution in [0.4, 0.5) is 5.69 Å². The van der Waals surface area contributed by atoms with Crippen molar-refractivity contribution in [2.75, 3.05) is 19.0 Å². The second kappa shape index (κ2) is 7.29. The zero-order valence-corrected chi connectivity index (χ0v) is 13.1. The Morgan fingerprint density at radius 1 is 1.35 bits per heavy atom. The second-order valence-corrected chi connectivity index (χ2v) is 5.80. The van der Waals surface area contributed by atoms with Crippen molar-refractivity contribution in [2.24, 2.45) is 5.92 Å². The largest absolute Gasteiger partial charge is 0.392 e. The van der Waals surface area contributed by atoms with E-state index >= 15 is 0 Å². The molecule has 4 heteroatoms. The summed E-state index contributed by atoms with van der Waals surface area (Å²) in [6, 6.07) is 6.17. The third-order valence-electron chi connectivity index (χ3n) is 3.48. The Morgan fingerprint density at radius 2 is 2.00 bits per heavy atom. The number of benzene rings is 1. The van der Waals surface area contributed by atoms with Crippen LogP contribution in [0.2, 0.25) is 0 Å². The van der Waals surface area contributed by atoms with Gasteiger partial charge in [-0.2, -0.15) is 0 Å². The SMILES string of the molecule is Cc1cc(N(C)C)ccc1CNC(=O)CC(O)C(C)C. The number of carbonyl (C=O) groups is 1. The highest BCUT2D eigenvalue weighted by Crippen LogP contribution is 2.17. The number of rotatable bonds is 6. The van der Waals surface area contributed by atoms with Crippen molar-refractivity contribution in [3.8, 4) is 0 Å². The van der Waals surface area contributed by atoms with Crippen LogP contribution in [0.3, 0.4) is 0 Å². The Bertz CT molecular complexity index is 456. The van der Waals surface area contributed by atoms with Gasteiger partial charge in [-0.25, -0.2) is 0 Å². The van der Waals surface area contributed by atoms with E-state index in [-0.39, 0.29) is 18.2 Å². The smallest absolute Gasteiger partial charge is 0.222 e. The number of nitrogens with zero attached hydrogens (tertiary/aromatic N) is 1. The molecule has 1 atom stereocenters. The maximum Gasteiger partial charge on any atom is 0.222 e. The van der Waals surface area contributed by atoms with E-state index in [4.69, 9.17) is 0 Å². The molecule has 0 bridgehead atoms. The summed E-state index contributed by atoms with van der Waals surface area (Å²) in [4.78, 5) is 13.8. The van der Waals surface area contributed by atoms with Gasteiger partial charge in [0.25, 0.3) is 0 Å². The van der Waals surface area contributed by atoms with E-state index < -0.39 is 6.10 Å².